The SMILES string of the molecule is N#Cc1cccc(C#N)c1-c1cccc2c1c1ccccc1n2-c1ccc2c(c1)[Si](c1ccccc1)(c1ccccc1)c1ccccc1-2. The van der Waals surface area contributed by atoms with Crippen LogP contribution in [0, 0.1) is 22.7 Å². The molecule has 9 rings (SSSR count). The second-order valence-corrected chi connectivity index (χ2v) is 16.0. The van der Waals surface area contributed by atoms with Crippen LogP contribution in [0.3, 0.4) is 0 Å². The number of benzene rings is 7. The Balaban J connectivity index is 1.39. The van der Waals surface area contributed by atoms with Gasteiger partial charge in [0.05, 0.1) is 34.3 Å². The zero-order valence-corrected chi connectivity index (χ0v) is 26.9. The first-order valence-electron chi connectivity index (χ1n) is 16.1. The molecule has 4 heteroatoms. The van der Waals surface area contributed by atoms with Gasteiger partial charge in [-0.05, 0) is 73.8 Å². The van der Waals surface area contributed by atoms with E-state index >= 15 is 0 Å². The van der Waals surface area contributed by atoms with Crippen molar-refractivity contribution in [1.82, 2.24) is 4.57 Å². The third kappa shape index (κ3) is 3.79. The summed E-state index contributed by atoms with van der Waals surface area (Å²) in [6, 6.07) is 62.8. The Morgan fingerprint density at radius 3 is 1.73 bits per heavy atom. The van der Waals surface area contributed by atoms with Gasteiger partial charge in [-0.25, -0.2) is 0 Å². The summed E-state index contributed by atoms with van der Waals surface area (Å²) >= 11 is 0. The van der Waals surface area contributed by atoms with E-state index in [2.05, 4.69) is 150 Å². The lowest BCUT2D eigenvalue weighted by molar-refractivity contribution is 1.18. The Labute approximate surface area is 279 Å². The highest BCUT2D eigenvalue weighted by atomic mass is 28.3. The monoisotopic (exact) mass is 625 g/mol. The summed E-state index contributed by atoms with van der Waals surface area (Å²) in [4.78, 5) is 0. The van der Waals surface area contributed by atoms with Gasteiger partial charge in [-0.2, -0.15) is 10.5 Å². The molecule has 0 unspecified atom stereocenters. The highest BCUT2D eigenvalue weighted by Crippen LogP contribution is 2.41. The standard InChI is InChI=1S/C44H27N3Si/c45-28-30-13-11-14-31(29-46)43(30)38-21-12-23-40-44(38)37-20-7-9-22-39(37)47(40)32-25-26-36-35-19-8-10-24-41(35)48(42(36)27-32,33-15-3-1-4-16-33)34-17-5-2-6-18-34/h1-27H. The van der Waals surface area contributed by atoms with Gasteiger partial charge in [0.15, 0.2) is 8.07 Å². The molecule has 0 atom stereocenters. The first-order valence-corrected chi connectivity index (χ1v) is 18.1. The zero-order chi connectivity index (χ0) is 32.2. The van der Waals surface area contributed by atoms with E-state index in [-0.39, 0.29) is 0 Å². The Kier molecular flexibility index (Phi) is 6.27. The van der Waals surface area contributed by atoms with Crippen molar-refractivity contribution in [2.24, 2.45) is 0 Å². The van der Waals surface area contributed by atoms with Crippen molar-refractivity contribution in [3.63, 3.8) is 0 Å². The van der Waals surface area contributed by atoms with E-state index in [4.69, 9.17) is 0 Å². The van der Waals surface area contributed by atoms with Gasteiger partial charge in [0.2, 0.25) is 0 Å². The fourth-order valence-electron chi connectivity index (χ4n) is 8.11. The largest absolute Gasteiger partial charge is 0.309 e. The summed E-state index contributed by atoms with van der Waals surface area (Å²) in [5.74, 6) is 0. The van der Waals surface area contributed by atoms with Crippen molar-refractivity contribution >= 4 is 50.6 Å². The molecule has 2 heterocycles. The fourth-order valence-corrected chi connectivity index (χ4v) is 13.3. The predicted molar refractivity (Wildman–Crippen MR) is 198 cm³/mol. The molecule has 0 fully saturated rings. The molecule has 0 spiro atoms. The third-order valence-electron chi connectivity index (χ3n) is 9.97. The maximum absolute atomic E-state index is 10.1. The molecule has 48 heavy (non-hydrogen) atoms. The first-order chi connectivity index (χ1) is 23.8. The van der Waals surface area contributed by atoms with Gasteiger partial charge in [-0.3, -0.25) is 0 Å². The van der Waals surface area contributed by atoms with E-state index in [1.54, 1.807) is 18.2 Å². The topological polar surface area (TPSA) is 52.5 Å². The summed E-state index contributed by atoms with van der Waals surface area (Å²) < 4.78 is 2.35. The molecule has 0 amide bonds. The van der Waals surface area contributed by atoms with Gasteiger partial charge in [-0.1, -0.05) is 127 Å². The average molecular weight is 626 g/mol. The van der Waals surface area contributed by atoms with E-state index in [1.165, 1.54) is 31.9 Å². The van der Waals surface area contributed by atoms with E-state index < -0.39 is 8.07 Å². The average Bonchev–Trinajstić information content (AvgIpc) is 3.66. The number of rotatable bonds is 4. The molecule has 0 radical (unpaired) electrons. The molecular formula is C44H27N3Si. The van der Waals surface area contributed by atoms with E-state index in [0.717, 1.165) is 33.1 Å². The van der Waals surface area contributed by atoms with Crippen LogP contribution in [0.1, 0.15) is 11.1 Å². The maximum Gasteiger partial charge on any atom is 0.180 e. The molecule has 7 aromatic carbocycles. The Bertz CT molecular complexity index is 2570. The minimum Gasteiger partial charge on any atom is -0.309 e. The van der Waals surface area contributed by atoms with Crippen LogP contribution in [-0.4, -0.2) is 12.6 Å². The second kappa shape index (κ2) is 10.8. The van der Waals surface area contributed by atoms with Gasteiger partial charge in [0.1, 0.15) is 0 Å². The van der Waals surface area contributed by atoms with E-state index in [1.807, 2.05) is 12.1 Å². The fraction of sp³-hybridized carbons (Fsp3) is 0. The van der Waals surface area contributed by atoms with E-state index in [0.29, 0.717) is 16.7 Å². The third-order valence-corrected chi connectivity index (χ3v) is 14.8. The first kappa shape index (κ1) is 27.8. The molecule has 1 aromatic heterocycles. The number of nitrogens with zero attached hydrogens (tertiary/aromatic N) is 3. The van der Waals surface area contributed by atoms with Crippen molar-refractivity contribution in [3.8, 4) is 40.1 Å². The lowest BCUT2D eigenvalue weighted by atomic mass is 9.92. The van der Waals surface area contributed by atoms with Crippen LogP contribution in [0.25, 0.3) is 49.7 Å². The minimum atomic E-state index is -2.68. The lowest BCUT2D eigenvalue weighted by Gasteiger charge is -2.31. The molecular weight excluding hydrogens is 599 g/mol. The van der Waals surface area contributed by atoms with Crippen LogP contribution in [-0.2, 0) is 0 Å². The number of fused-ring (bicyclic) bond motifs is 6. The molecule has 0 aliphatic carbocycles. The number of hydrogen-bond donors (Lipinski definition) is 0. The second-order valence-electron chi connectivity index (χ2n) is 12.3. The normalized spacial score (nSPS) is 12.7. The summed E-state index contributed by atoms with van der Waals surface area (Å²) in [6.07, 6.45) is 0. The van der Waals surface area contributed by atoms with Gasteiger partial charge in [0.25, 0.3) is 0 Å². The summed E-state index contributed by atoms with van der Waals surface area (Å²) in [7, 11) is -2.68. The number of aromatic nitrogens is 1. The summed E-state index contributed by atoms with van der Waals surface area (Å²) in [5.41, 5.74) is 8.36. The maximum atomic E-state index is 10.1. The molecule has 0 saturated carbocycles. The van der Waals surface area contributed by atoms with Crippen molar-refractivity contribution in [2.75, 3.05) is 0 Å². The molecule has 222 valence electrons. The van der Waals surface area contributed by atoms with Crippen molar-refractivity contribution in [2.45, 2.75) is 0 Å². The molecule has 8 aromatic rings. The number of nitriles is 2. The molecule has 3 nitrogen and oxygen atoms in total. The quantitative estimate of drug-likeness (QED) is 0.190. The number of para-hydroxylation sites is 1. The zero-order valence-electron chi connectivity index (χ0n) is 25.9. The molecule has 1 aliphatic rings. The van der Waals surface area contributed by atoms with Gasteiger partial charge in [0, 0.05) is 22.0 Å². The summed E-state index contributed by atoms with van der Waals surface area (Å²) in [6.45, 7) is 0. The van der Waals surface area contributed by atoms with Crippen molar-refractivity contribution in [1.29, 1.82) is 10.5 Å². The molecule has 0 bridgehead atoms. The highest BCUT2D eigenvalue weighted by molar-refractivity contribution is 7.22. The minimum absolute atomic E-state index is 0.496. The molecule has 0 N–H and O–H groups in total. The highest BCUT2D eigenvalue weighted by Gasteiger charge is 2.48. The van der Waals surface area contributed by atoms with Crippen LogP contribution in [0.4, 0.5) is 0 Å². The van der Waals surface area contributed by atoms with Crippen molar-refractivity contribution < 1.29 is 0 Å². The smallest absolute Gasteiger partial charge is 0.180 e. The van der Waals surface area contributed by atoms with Gasteiger partial charge >= 0.3 is 0 Å². The van der Waals surface area contributed by atoms with Gasteiger partial charge in [-0.15, -0.1) is 0 Å². The Morgan fingerprint density at radius 1 is 0.458 bits per heavy atom. The van der Waals surface area contributed by atoms with Crippen LogP contribution in [0.2, 0.25) is 0 Å². The number of hydrogen-bond acceptors (Lipinski definition) is 2. The molecule has 1 aliphatic heterocycles. The summed E-state index contributed by atoms with van der Waals surface area (Å²) in [5, 5.41) is 27.8. The molecule has 0 saturated heterocycles. The Morgan fingerprint density at radius 2 is 1.02 bits per heavy atom. The van der Waals surface area contributed by atoms with Crippen molar-refractivity contribution in [3.05, 3.63) is 175 Å². The Hall–Kier alpha value is -6.46. The van der Waals surface area contributed by atoms with E-state index in [9.17, 15) is 10.5 Å². The predicted octanol–water partition coefficient (Wildman–Crippen LogP) is 7.55. The van der Waals surface area contributed by atoms with Crippen LogP contribution in [0.5, 0.6) is 0 Å². The van der Waals surface area contributed by atoms with Gasteiger partial charge < -0.3 is 4.57 Å². The van der Waals surface area contributed by atoms with Crippen LogP contribution < -0.4 is 20.7 Å². The van der Waals surface area contributed by atoms with Crippen LogP contribution in [0.15, 0.2) is 164 Å². The lowest BCUT2D eigenvalue weighted by Crippen LogP contribution is -2.72. The van der Waals surface area contributed by atoms with Crippen LogP contribution >= 0.6 is 0 Å².